The monoisotopic (exact) mass is 589 g/mol. The number of piperidine rings is 1. The lowest BCUT2D eigenvalue weighted by atomic mass is 9.48. The molecular formula is C37H35NO6. The first-order valence-electron chi connectivity index (χ1n) is 15.7. The van der Waals surface area contributed by atoms with E-state index in [-0.39, 0.29) is 30.3 Å². The molecule has 224 valence electrons. The number of rotatable bonds is 4. The summed E-state index contributed by atoms with van der Waals surface area (Å²) in [6, 6.07) is 22.3. The smallest absolute Gasteiger partial charge is 0.310 e. The Morgan fingerprint density at radius 3 is 2.23 bits per heavy atom. The number of likely N-dealkylation sites (tertiary alicyclic amines) is 1. The summed E-state index contributed by atoms with van der Waals surface area (Å²) >= 11 is 0. The van der Waals surface area contributed by atoms with E-state index in [0.29, 0.717) is 31.0 Å². The predicted molar refractivity (Wildman–Crippen MR) is 163 cm³/mol. The number of fused-ring (bicyclic) bond motifs is 1. The Kier molecular flexibility index (Phi) is 6.40. The van der Waals surface area contributed by atoms with Crippen LogP contribution >= 0.6 is 0 Å². The fourth-order valence-corrected chi connectivity index (χ4v) is 8.99. The largest absolute Gasteiger partial charge is 0.469 e. The lowest BCUT2D eigenvalue weighted by Gasteiger charge is -2.53. The number of ether oxygens (including phenoxy) is 3. The quantitative estimate of drug-likeness (QED) is 0.286. The Morgan fingerprint density at radius 2 is 1.55 bits per heavy atom. The number of amides is 1. The molecule has 0 radical (unpaired) electrons. The van der Waals surface area contributed by atoms with E-state index in [1.807, 2.05) is 59.5 Å². The van der Waals surface area contributed by atoms with E-state index < -0.39 is 29.1 Å². The van der Waals surface area contributed by atoms with Gasteiger partial charge in [-0.05, 0) is 65.6 Å². The molecule has 7 heteroatoms. The Hall–Kier alpha value is -4.39. The van der Waals surface area contributed by atoms with E-state index in [0.717, 1.165) is 36.0 Å². The number of Topliss-reactive ketones (excluding diaryl/α,β-unsaturated/α-hetero) is 1. The van der Waals surface area contributed by atoms with Crippen molar-refractivity contribution in [1.82, 2.24) is 4.90 Å². The van der Waals surface area contributed by atoms with Crippen molar-refractivity contribution in [3.05, 3.63) is 101 Å². The van der Waals surface area contributed by atoms with Crippen molar-refractivity contribution in [3.8, 4) is 11.5 Å². The summed E-state index contributed by atoms with van der Waals surface area (Å²) < 4.78 is 16.6. The highest BCUT2D eigenvalue weighted by Gasteiger charge is 2.71. The molecule has 7 nitrogen and oxygen atoms in total. The van der Waals surface area contributed by atoms with Gasteiger partial charge >= 0.3 is 5.97 Å². The number of hydrogen-bond donors (Lipinski definition) is 0. The zero-order valence-corrected chi connectivity index (χ0v) is 24.7. The molecule has 6 aliphatic rings. The SMILES string of the molecule is COC(=O)[C@@H]1[C@H](/C=C/c2ccc3c(c2)OCO3)[C@@H](C(=O)N2CCCCC2)C(=O)[C@]12CC1c3ccccc3C2c2ccccc21. The average molecular weight is 590 g/mol. The second-order valence-corrected chi connectivity index (χ2v) is 12.8. The summed E-state index contributed by atoms with van der Waals surface area (Å²) in [4.78, 5) is 45.6. The molecule has 2 heterocycles. The van der Waals surface area contributed by atoms with Crippen molar-refractivity contribution < 1.29 is 28.6 Å². The third kappa shape index (κ3) is 3.84. The minimum atomic E-state index is -1.11. The van der Waals surface area contributed by atoms with Crippen LogP contribution in [0.2, 0.25) is 0 Å². The highest BCUT2D eigenvalue weighted by atomic mass is 16.7. The Balaban J connectivity index is 1.31. The molecule has 0 unspecified atom stereocenters. The number of carbonyl (C=O) groups is 3. The minimum absolute atomic E-state index is 0.0502. The van der Waals surface area contributed by atoms with Gasteiger partial charge in [0.2, 0.25) is 12.7 Å². The summed E-state index contributed by atoms with van der Waals surface area (Å²) in [5, 5.41) is 0. The number of allylic oxidation sites excluding steroid dienone is 1. The first kappa shape index (κ1) is 27.2. The molecule has 1 saturated carbocycles. The van der Waals surface area contributed by atoms with Crippen LogP contribution in [0.1, 0.15) is 65.3 Å². The summed E-state index contributed by atoms with van der Waals surface area (Å²) in [5.74, 6) is -2.25. The maximum absolute atomic E-state index is 15.3. The van der Waals surface area contributed by atoms with Crippen molar-refractivity contribution in [2.45, 2.75) is 37.5 Å². The van der Waals surface area contributed by atoms with E-state index in [1.54, 1.807) is 0 Å². The summed E-state index contributed by atoms with van der Waals surface area (Å²) in [5.41, 5.74) is 4.30. The summed E-state index contributed by atoms with van der Waals surface area (Å²) in [6.45, 7) is 1.44. The van der Waals surface area contributed by atoms with Crippen molar-refractivity contribution in [2.24, 2.45) is 23.2 Å². The molecule has 44 heavy (non-hydrogen) atoms. The lowest BCUT2D eigenvalue weighted by Crippen LogP contribution is -2.51. The van der Waals surface area contributed by atoms with E-state index in [2.05, 4.69) is 24.3 Å². The molecule has 1 spiro atoms. The fourth-order valence-electron chi connectivity index (χ4n) is 8.99. The normalized spacial score (nSPS) is 29.6. The van der Waals surface area contributed by atoms with Gasteiger partial charge in [0.1, 0.15) is 5.92 Å². The number of hydrogen-bond acceptors (Lipinski definition) is 6. The van der Waals surface area contributed by atoms with Crippen LogP contribution in [-0.2, 0) is 19.1 Å². The van der Waals surface area contributed by atoms with Gasteiger partial charge in [0.15, 0.2) is 17.3 Å². The summed E-state index contributed by atoms with van der Waals surface area (Å²) in [7, 11) is 1.39. The molecule has 2 fully saturated rings. The maximum atomic E-state index is 15.3. The number of esters is 1. The molecule has 0 aromatic heterocycles. The van der Waals surface area contributed by atoms with Crippen molar-refractivity contribution in [3.63, 3.8) is 0 Å². The summed E-state index contributed by atoms with van der Waals surface area (Å²) in [6.07, 6.45) is 7.21. The van der Waals surface area contributed by atoms with Crippen LogP contribution in [-0.4, -0.2) is 49.6 Å². The third-order valence-corrected chi connectivity index (χ3v) is 10.8. The topological polar surface area (TPSA) is 82.1 Å². The molecule has 4 aliphatic carbocycles. The predicted octanol–water partition coefficient (Wildman–Crippen LogP) is 5.71. The van der Waals surface area contributed by atoms with Crippen molar-refractivity contribution in [2.75, 3.05) is 27.0 Å². The number of nitrogens with zero attached hydrogens (tertiary/aromatic N) is 1. The van der Waals surface area contributed by atoms with Crippen LogP contribution in [0, 0.1) is 23.2 Å². The highest BCUT2D eigenvalue weighted by molar-refractivity contribution is 6.10. The van der Waals surface area contributed by atoms with Gasteiger partial charge in [-0.15, -0.1) is 0 Å². The van der Waals surface area contributed by atoms with E-state index in [1.165, 1.54) is 18.2 Å². The van der Waals surface area contributed by atoms with Gasteiger partial charge in [-0.1, -0.05) is 66.7 Å². The first-order chi connectivity index (χ1) is 21.5. The molecule has 2 bridgehead atoms. The van der Waals surface area contributed by atoms with Crippen LogP contribution in [0.5, 0.6) is 11.5 Å². The Labute approximate surface area is 256 Å². The van der Waals surface area contributed by atoms with Crippen molar-refractivity contribution >= 4 is 23.7 Å². The molecule has 2 aliphatic heterocycles. The van der Waals surface area contributed by atoms with Crippen molar-refractivity contribution in [1.29, 1.82) is 0 Å². The van der Waals surface area contributed by atoms with E-state index >= 15 is 4.79 Å². The van der Waals surface area contributed by atoms with E-state index in [4.69, 9.17) is 14.2 Å². The maximum Gasteiger partial charge on any atom is 0.310 e. The number of benzene rings is 3. The second kappa shape index (κ2) is 10.4. The third-order valence-electron chi connectivity index (χ3n) is 10.8. The second-order valence-electron chi connectivity index (χ2n) is 12.8. The van der Waals surface area contributed by atoms with E-state index in [9.17, 15) is 9.59 Å². The highest BCUT2D eigenvalue weighted by Crippen LogP contribution is 2.69. The molecule has 1 amide bonds. The van der Waals surface area contributed by atoms with Gasteiger partial charge in [0.05, 0.1) is 18.4 Å². The molecule has 4 atom stereocenters. The van der Waals surface area contributed by atoms with Crippen LogP contribution in [0.4, 0.5) is 0 Å². The zero-order chi connectivity index (χ0) is 30.0. The number of ketones is 1. The lowest BCUT2D eigenvalue weighted by molar-refractivity contribution is -0.154. The molecular weight excluding hydrogens is 554 g/mol. The van der Waals surface area contributed by atoms with Gasteiger partial charge in [-0.25, -0.2) is 0 Å². The van der Waals surface area contributed by atoms with Gasteiger partial charge in [-0.3, -0.25) is 14.4 Å². The Bertz CT molecular complexity index is 1660. The van der Waals surface area contributed by atoms with Gasteiger partial charge in [0, 0.05) is 30.8 Å². The standard InChI is InChI=1S/C37H35NO6/c1-42-36(41)33-27(15-13-22-14-16-29-30(19-22)44-21-43-29)31(35(40)38-17-7-2-8-18-38)34(39)37(33)20-28-23-9-3-5-11-25(23)32(37)26-12-6-4-10-24(26)28/h3-6,9-16,19,27-28,31-33H,2,7-8,17-18,20-21H2,1H3/b15-13+/t27-,28?,31-,32?,33+,37+/m1/s1. The molecule has 9 rings (SSSR count). The number of methoxy groups -OCH3 is 1. The molecule has 3 aromatic rings. The van der Waals surface area contributed by atoms with Crippen LogP contribution in [0.25, 0.3) is 6.08 Å². The molecule has 0 N–H and O–H groups in total. The van der Waals surface area contributed by atoms with Gasteiger partial charge in [0.25, 0.3) is 0 Å². The van der Waals surface area contributed by atoms with Gasteiger partial charge in [-0.2, -0.15) is 0 Å². The van der Waals surface area contributed by atoms with Crippen LogP contribution in [0.15, 0.2) is 72.8 Å². The number of carbonyl (C=O) groups excluding carboxylic acids is 3. The van der Waals surface area contributed by atoms with Crippen LogP contribution in [0.3, 0.4) is 0 Å². The zero-order valence-electron chi connectivity index (χ0n) is 24.7. The fraction of sp³-hybridized carbons (Fsp3) is 0.378. The first-order valence-corrected chi connectivity index (χ1v) is 15.7. The average Bonchev–Trinajstić information content (AvgIpc) is 3.63. The minimum Gasteiger partial charge on any atom is -0.469 e. The molecule has 1 saturated heterocycles. The van der Waals surface area contributed by atoms with Gasteiger partial charge < -0.3 is 19.1 Å². The van der Waals surface area contributed by atoms with Crippen LogP contribution < -0.4 is 9.47 Å². The Morgan fingerprint density at radius 1 is 0.886 bits per heavy atom. The molecule has 3 aromatic carbocycles.